The molecule has 1 heterocycles. The number of hydrogen-bond donors (Lipinski definition) is 1. The number of rotatable bonds is 6. The molecule has 0 saturated carbocycles. The minimum Gasteiger partial charge on any atom is -0.302 e. The molecule has 1 N–H and O–H groups in total. The third-order valence-corrected chi connectivity index (χ3v) is 5.37. The van der Waals surface area contributed by atoms with E-state index in [1.165, 1.54) is 0 Å². The van der Waals surface area contributed by atoms with Crippen LogP contribution in [0.5, 0.6) is 0 Å². The zero-order chi connectivity index (χ0) is 14.6. The highest BCUT2D eigenvalue weighted by Gasteiger charge is 2.31. The Balaban J connectivity index is 1.88. The monoisotopic (exact) mass is 296 g/mol. The van der Waals surface area contributed by atoms with Gasteiger partial charge in [-0.05, 0) is 24.4 Å². The molecular weight excluding hydrogens is 272 g/mol. The van der Waals surface area contributed by atoms with Gasteiger partial charge in [-0.25, -0.2) is 13.1 Å². The average Bonchev–Trinajstić information content (AvgIpc) is 2.78. The van der Waals surface area contributed by atoms with Crippen molar-refractivity contribution in [2.45, 2.75) is 26.3 Å². The van der Waals surface area contributed by atoms with Crippen LogP contribution < -0.4 is 4.72 Å². The second-order valence-corrected chi connectivity index (χ2v) is 7.48. The summed E-state index contributed by atoms with van der Waals surface area (Å²) in [6, 6.07) is 9.80. The lowest BCUT2D eigenvalue weighted by Crippen LogP contribution is -2.41. The fourth-order valence-corrected chi connectivity index (χ4v) is 4.06. The van der Waals surface area contributed by atoms with Crippen molar-refractivity contribution >= 4 is 10.0 Å². The van der Waals surface area contributed by atoms with Gasteiger partial charge in [0.1, 0.15) is 0 Å². The number of nitrogens with one attached hydrogen (secondary N) is 1. The molecule has 1 aliphatic heterocycles. The second kappa shape index (κ2) is 6.70. The van der Waals surface area contributed by atoms with Gasteiger partial charge in [0.05, 0.1) is 5.75 Å². The lowest BCUT2D eigenvalue weighted by molar-refractivity contribution is 0.344. The minimum atomic E-state index is -3.20. The molecule has 5 heteroatoms. The molecule has 112 valence electrons. The third kappa shape index (κ3) is 4.30. The highest BCUT2D eigenvalue weighted by atomic mass is 32.2. The van der Waals surface area contributed by atoms with Crippen molar-refractivity contribution in [2.24, 2.45) is 5.92 Å². The number of aryl methyl sites for hydroxylation is 1. The maximum Gasteiger partial charge on any atom is 0.212 e. The van der Waals surface area contributed by atoms with Crippen molar-refractivity contribution in [1.82, 2.24) is 9.62 Å². The summed E-state index contributed by atoms with van der Waals surface area (Å²) in [5.41, 5.74) is 1.06. The molecule has 0 bridgehead atoms. The van der Waals surface area contributed by atoms with Gasteiger partial charge in [0.15, 0.2) is 0 Å². The molecular formula is C15H24N2O2S. The van der Waals surface area contributed by atoms with Gasteiger partial charge in [0.25, 0.3) is 0 Å². The van der Waals surface area contributed by atoms with E-state index in [4.69, 9.17) is 0 Å². The lowest BCUT2D eigenvalue weighted by Gasteiger charge is -2.16. The Morgan fingerprint density at radius 1 is 1.25 bits per heavy atom. The van der Waals surface area contributed by atoms with Crippen LogP contribution in [0, 0.1) is 5.92 Å². The summed E-state index contributed by atoms with van der Waals surface area (Å²) in [4.78, 5) is 2.29. The summed E-state index contributed by atoms with van der Waals surface area (Å²) in [7, 11) is -3.20. The predicted molar refractivity (Wildman–Crippen MR) is 82.1 cm³/mol. The highest BCUT2D eigenvalue weighted by molar-refractivity contribution is 7.89. The van der Waals surface area contributed by atoms with Gasteiger partial charge in [-0.15, -0.1) is 0 Å². The van der Waals surface area contributed by atoms with Crippen molar-refractivity contribution in [2.75, 3.05) is 25.4 Å². The standard InChI is InChI=1S/C15H24N2O2S/c1-3-17-11-13(2)15(12-17)16-20(18,19)10-9-14-7-5-4-6-8-14/h4-8,13,15-16H,3,9-12H2,1-2H3/t13-,15-/m0/s1. The van der Waals surface area contributed by atoms with Gasteiger partial charge >= 0.3 is 0 Å². The van der Waals surface area contributed by atoms with Crippen molar-refractivity contribution in [3.05, 3.63) is 35.9 Å². The van der Waals surface area contributed by atoms with Gasteiger partial charge in [-0.1, -0.05) is 44.2 Å². The Labute approximate surface area is 122 Å². The average molecular weight is 296 g/mol. The van der Waals surface area contributed by atoms with Crippen LogP contribution in [-0.4, -0.2) is 44.7 Å². The van der Waals surface area contributed by atoms with Crippen LogP contribution in [0.4, 0.5) is 0 Å². The smallest absolute Gasteiger partial charge is 0.212 e. The van der Waals surface area contributed by atoms with Crippen LogP contribution in [0.15, 0.2) is 30.3 Å². The molecule has 0 amide bonds. The molecule has 2 rings (SSSR count). The molecule has 2 atom stereocenters. The summed E-state index contributed by atoms with van der Waals surface area (Å²) >= 11 is 0. The second-order valence-electron chi connectivity index (χ2n) is 5.61. The number of likely N-dealkylation sites (N-methyl/N-ethyl adjacent to an activating group) is 1. The van der Waals surface area contributed by atoms with Crippen LogP contribution >= 0.6 is 0 Å². The fourth-order valence-electron chi connectivity index (χ4n) is 2.67. The van der Waals surface area contributed by atoms with Crippen LogP contribution in [0.2, 0.25) is 0 Å². The van der Waals surface area contributed by atoms with Gasteiger partial charge < -0.3 is 4.90 Å². The van der Waals surface area contributed by atoms with E-state index in [-0.39, 0.29) is 11.8 Å². The van der Waals surface area contributed by atoms with Gasteiger partial charge in [-0.2, -0.15) is 0 Å². The third-order valence-electron chi connectivity index (χ3n) is 3.97. The first-order valence-electron chi connectivity index (χ1n) is 7.26. The summed E-state index contributed by atoms with van der Waals surface area (Å²) in [6.45, 7) is 7.00. The van der Waals surface area contributed by atoms with E-state index in [1.54, 1.807) is 0 Å². The van der Waals surface area contributed by atoms with E-state index in [0.717, 1.165) is 25.2 Å². The van der Waals surface area contributed by atoms with Crippen LogP contribution in [-0.2, 0) is 16.4 Å². The number of benzene rings is 1. The Morgan fingerprint density at radius 2 is 1.95 bits per heavy atom. The predicted octanol–water partition coefficient (Wildman–Crippen LogP) is 1.49. The Kier molecular flexibility index (Phi) is 5.18. The normalized spacial score (nSPS) is 24.1. The van der Waals surface area contributed by atoms with E-state index < -0.39 is 10.0 Å². The fraction of sp³-hybridized carbons (Fsp3) is 0.600. The topological polar surface area (TPSA) is 49.4 Å². The molecule has 0 aromatic heterocycles. The zero-order valence-corrected chi connectivity index (χ0v) is 13.1. The van der Waals surface area contributed by atoms with E-state index in [9.17, 15) is 8.42 Å². The maximum absolute atomic E-state index is 12.2. The Hall–Kier alpha value is -0.910. The molecule has 4 nitrogen and oxygen atoms in total. The lowest BCUT2D eigenvalue weighted by atomic mass is 10.1. The molecule has 1 fully saturated rings. The summed E-state index contributed by atoms with van der Waals surface area (Å²) in [5.74, 6) is 0.535. The summed E-state index contributed by atoms with van der Waals surface area (Å²) in [5, 5.41) is 0. The largest absolute Gasteiger partial charge is 0.302 e. The Bertz CT molecular complexity index is 516. The molecule has 0 aliphatic carbocycles. The van der Waals surface area contributed by atoms with Crippen LogP contribution in [0.25, 0.3) is 0 Å². The Morgan fingerprint density at radius 3 is 2.55 bits per heavy atom. The minimum absolute atomic E-state index is 0.0516. The quantitative estimate of drug-likeness (QED) is 0.865. The molecule has 20 heavy (non-hydrogen) atoms. The van der Waals surface area contributed by atoms with E-state index in [2.05, 4.69) is 23.5 Å². The number of nitrogens with zero attached hydrogens (tertiary/aromatic N) is 1. The SMILES string of the molecule is CCN1C[C@H](NS(=O)(=O)CCc2ccccc2)[C@@H](C)C1. The first kappa shape index (κ1) is 15.5. The number of sulfonamides is 1. The first-order valence-corrected chi connectivity index (χ1v) is 8.91. The summed E-state index contributed by atoms with van der Waals surface area (Å²) < 4.78 is 27.2. The first-order chi connectivity index (χ1) is 9.50. The van der Waals surface area contributed by atoms with Gasteiger partial charge in [0, 0.05) is 19.1 Å². The van der Waals surface area contributed by atoms with Crippen molar-refractivity contribution in [3.8, 4) is 0 Å². The molecule has 1 aromatic carbocycles. The van der Waals surface area contributed by atoms with Crippen molar-refractivity contribution in [3.63, 3.8) is 0 Å². The molecule has 1 aliphatic rings. The van der Waals surface area contributed by atoms with Gasteiger partial charge in [0.2, 0.25) is 10.0 Å². The number of likely N-dealkylation sites (tertiary alicyclic amines) is 1. The highest BCUT2D eigenvalue weighted by Crippen LogP contribution is 2.16. The maximum atomic E-state index is 12.2. The van der Waals surface area contributed by atoms with Crippen LogP contribution in [0.1, 0.15) is 19.4 Å². The van der Waals surface area contributed by atoms with Crippen LogP contribution in [0.3, 0.4) is 0 Å². The molecule has 1 saturated heterocycles. The molecule has 0 radical (unpaired) electrons. The van der Waals surface area contributed by atoms with Gasteiger partial charge in [-0.3, -0.25) is 0 Å². The molecule has 0 spiro atoms. The van der Waals surface area contributed by atoms with E-state index in [1.807, 2.05) is 30.3 Å². The number of hydrogen-bond acceptors (Lipinski definition) is 3. The van der Waals surface area contributed by atoms with Crippen molar-refractivity contribution in [1.29, 1.82) is 0 Å². The van der Waals surface area contributed by atoms with Crippen molar-refractivity contribution < 1.29 is 8.42 Å². The zero-order valence-electron chi connectivity index (χ0n) is 12.2. The summed E-state index contributed by atoms with van der Waals surface area (Å²) in [6.07, 6.45) is 0.564. The van der Waals surface area contributed by atoms with E-state index >= 15 is 0 Å². The molecule has 1 aromatic rings. The molecule has 0 unspecified atom stereocenters. The van der Waals surface area contributed by atoms with E-state index in [0.29, 0.717) is 12.3 Å².